The van der Waals surface area contributed by atoms with E-state index in [1.807, 2.05) is 102 Å². The molecular formula is C50H71N3O11. The maximum atomic E-state index is 14.6. The van der Waals surface area contributed by atoms with Gasteiger partial charge in [-0.2, -0.15) is 0 Å². The molecule has 1 aromatic heterocycles. The van der Waals surface area contributed by atoms with Crippen LogP contribution in [0.15, 0.2) is 77.6 Å². The fraction of sp³-hybridized carbons (Fsp3) is 0.620. The number of pyridine rings is 1. The third-order valence-electron chi connectivity index (χ3n) is 13.1. The number of rotatable bonds is 9. The molecule has 14 nitrogen and oxygen atoms in total. The number of aliphatic imine (C=N–C) groups is 1. The van der Waals surface area contributed by atoms with Crippen LogP contribution in [0.1, 0.15) is 92.7 Å². The van der Waals surface area contributed by atoms with E-state index in [0.29, 0.717) is 23.3 Å². The van der Waals surface area contributed by atoms with Crippen LogP contribution in [0, 0.1) is 23.7 Å². The number of hydrogen-bond acceptors (Lipinski definition) is 13. The number of esters is 2. The van der Waals surface area contributed by atoms with E-state index < -0.39 is 89.5 Å². The zero-order chi connectivity index (χ0) is 46.9. The summed E-state index contributed by atoms with van der Waals surface area (Å²) in [4.78, 5) is 52.3. The van der Waals surface area contributed by atoms with Gasteiger partial charge in [0.1, 0.15) is 23.9 Å². The van der Waals surface area contributed by atoms with Gasteiger partial charge in [-0.3, -0.25) is 19.4 Å². The number of carbonyl (C=O) groups is 3. The maximum Gasteiger partial charge on any atom is 0.312 e. The Hall–Kier alpha value is -4.15. The molecule has 0 aliphatic carbocycles. The largest absolute Gasteiger partial charge is 0.461 e. The molecule has 3 fully saturated rings. The third-order valence-corrected chi connectivity index (χ3v) is 13.1. The number of fused-ring (bicyclic) bond motifs is 5. The Morgan fingerprint density at radius 1 is 1.03 bits per heavy atom. The molecule has 352 valence electrons. The number of amides is 1. The molecule has 64 heavy (non-hydrogen) atoms. The fourth-order valence-corrected chi connectivity index (χ4v) is 9.74. The number of carbonyl (C=O) groups excluding carboxylic acids is 3. The second-order valence-electron chi connectivity index (χ2n) is 18.7. The molecule has 4 heterocycles. The topological polar surface area (TPSA) is 176 Å². The maximum absolute atomic E-state index is 14.6. The van der Waals surface area contributed by atoms with E-state index in [1.54, 1.807) is 45.3 Å². The van der Waals surface area contributed by atoms with E-state index >= 15 is 0 Å². The minimum absolute atomic E-state index is 0.00891. The second-order valence-corrected chi connectivity index (χ2v) is 18.7. The molecule has 3 saturated heterocycles. The minimum Gasteiger partial charge on any atom is -0.461 e. The van der Waals surface area contributed by atoms with Gasteiger partial charge in [0.15, 0.2) is 6.29 Å². The van der Waals surface area contributed by atoms with Gasteiger partial charge in [-0.15, -0.1) is 0 Å². The average Bonchev–Trinajstić information content (AvgIpc) is 3.26. The summed E-state index contributed by atoms with van der Waals surface area (Å²) in [6.07, 6.45) is 2.86. The number of hydrogen-bond donors (Lipinski definition) is 2. The number of benzene rings is 1. The molecule has 14 heteroatoms. The molecule has 2 bridgehead atoms. The fourth-order valence-electron chi connectivity index (χ4n) is 9.74. The van der Waals surface area contributed by atoms with Crippen molar-refractivity contribution >= 4 is 29.6 Å². The van der Waals surface area contributed by atoms with E-state index in [-0.39, 0.29) is 44.6 Å². The highest BCUT2D eigenvalue weighted by Gasteiger charge is 2.54. The molecule has 1 aromatic carbocycles. The molecule has 14 atom stereocenters. The molecular weight excluding hydrogens is 819 g/mol. The summed E-state index contributed by atoms with van der Waals surface area (Å²) >= 11 is 0. The number of likely N-dealkylation sites (N-methyl/N-ethyl adjacent to an activating group) is 1. The summed E-state index contributed by atoms with van der Waals surface area (Å²) in [7, 11) is 3.78. The SMILES string of the molecule is CC[C@H]1OC(=O)[C@H](C)[C@@H](OC(=O)Cc2cccnc2)[C@H](C)[C@@H](O[C@@H]2O[C@H](C)C[C@H](N(C)C)[C@H]2O)C2(C)C[C@@H](C)C(=NC(C)=O)[C@H](C)[C@H](OC/C(=C\C=C\c3ccccc3)CO2)[C@]1(C)O. The van der Waals surface area contributed by atoms with Crippen LogP contribution in [-0.2, 0) is 49.2 Å². The number of aromatic nitrogens is 1. The van der Waals surface area contributed by atoms with Crippen molar-refractivity contribution in [3.63, 3.8) is 0 Å². The predicted octanol–water partition coefficient (Wildman–Crippen LogP) is 6.17. The zero-order valence-corrected chi connectivity index (χ0v) is 39.5. The smallest absolute Gasteiger partial charge is 0.312 e. The highest BCUT2D eigenvalue weighted by molar-refractivity contribution is 5.97. The van der Waals surface area contributed by atoms with Crippen molar-refractivity contribution in [1.29, 1.82) is 0 Å². The van der Waals surface area contributed by atoms with Gasteiger partial charge < -0.3 is 43.5 Å². The van der Waals surface area contributed by atoms with Gasteiger partial charge in [-0.25, -0.2) is 4.99 Å². The van der Waals surface area contributed by atoms with E-state index in [4.69, 9.17) is 28.4 Å². The molecule has 2 aromatic rings. The first-order chi connectivity index (χ1) is 30.2. The summed E-state index contributed by atoms with van der Waals surface area (Å²) in [5.74, 6) is -4.85. The van der Waals surface area contributed by atoms with E-state index in [1.165, 1.54) is 6.92 Å². The lowest BCUT2D eigenvalue weighted by Gasteiger charge is -2.49. The Morgan fingerprint density at radius 2 is 1.75 bits per heavy atom. The molecule has 3 aliphatic heterocycles. The summed E-state index contributed by atoms with van der Waals surface area (Å²) in [5, 5.41) is 24.6. The van der Waals surface area contributed by atoms with Crippen molar-refractivity contribution in [2.75, 3.05) is 27.3 Å². The third kappa shape index (κ3) is 12.6. The molecule has 0 spiro atoms. The normalized spacial score (nSPS) is 37.1. The van der Waals surface area contributed by atoms with Crippen molar-refractivity contribution in [2.24, 2.45) is 28.7 Å². The van der Waals surface area contributed by atoms with E-state index in [2.05, 4.69) is 9.98 Å². The van der Waals surface area contributed by atoms with Gasteiger partial charge >= 0.3 is 11.9 Å². The van der Waals surface area contributed by atoms with Crippen molar-refractivity contribution in [3.8, 4) is 0 Å². The van der Waals surface area contributed by atoms with Gasteiger partial charge in [0.05, 0.1) is 49.5 Å². The number of aliphatic hydroxyl groups is 2. The van der Waals surface area contributed by atoms with Crippen molar-refractivity contribution in [1.82, 2.24) is 9.88 Å². The summed E-state index contributed by atoms with van der Waals surface area (Å²) in [5.41, 5.74) is -0.374. The number of aliphatic hydroxyl groups excluding tert-OH is 1. The molecule has 1 amide bonds. The lowest BCUT2D eigenvalue weighted by Crippen LogP contribution is -2.61. The number of nitrogens with zero attached hydrogens (tertiary/aromatic N) is 3. The highest BCUT2D eigenvalue weighted by atomic mass is 16.7. The van der Waals surface area contributed by atoms with Crippen LogP contribution in [0.25, 0.3) is 6.08 Å². The van der Waals surface area contributed by atoms with Crippen LogP contribution in [0.3, 0.4) is 0 Å². The van der Waals surface area contributed by atoms with Gasteiger partial charge in [0.2, 0.25) is 5.91 Å². The molecule has 0 saturated carbocycles. The van der Waals surface area contributed by atoms with Crippen LogP contribution in [0.2, 0.25) is 0 Å². The Balaban J connectivity index is 1.76. The Kier molecular flexibility index (Phi) is 17.8. The van der Waals surface area contributed by atoms with Gasteiger partial charge in [0.25, 0.3) is 0 Å². The first kappa shape index (κ1) is 50.8. The Morgan fingerprint density at radius 3 is 2.39 bits per heavy atom. The highest BCUT2D eigenvalue weighted by Crippen LogP contribution is 2.42. The molecule has 5 rings (SSSR count). The van der Waals surface area contributed by atoms with E-state index in [9.17, 15) is 24.6 Å². The number of ether oxygens (including phenoxy) is 6. The van der Waals surface area contributed by atoms with Crippen LogP contribution in [0.4, 0.5) is 0 Å². The van der Waals surface area contributed by atoms with Crippen molar-refractivity contribution in [2.45, 2.75) is 148 Å². The van der Waals surface area contributed by atoms with Gasteiger partial charge in [-0.1, -0.05) is 82.3 Å². The van der Waals surface area contributed by atoms with Crippen LogP contribution >= 0.6 is 0 Å². The Labute approximate surface area is 379 Å². The zero-order valence-electron chi connectivity index (χ0n) is 39.5. The lowest BCUT2D eigenvalue weighted by atomic mass is 9.73. The van der Waals surface area contributed by atoms with Gasteiger partial charge in [0, 0.05) is 42.9 Å². The first-order valence-corrected chi connectivity index (χ1v) is 22.7. The standard InChI is InChI=1S/C50H71N3O11/c1-12-40-50(9,58)46-32(4)42(52-35(7)54)30(2)26-49(8,60-29-38(28-59-46)21-16-20-36-18-14-13-15-19-36)45(64-48-43(56)39(53(10)11)24-31(3)61-48)33(5)44(34(6)47(57)62-40)63-41(55)25-37-22-17-23-51-27-37/h13-23,27,30-34,39-40,43-46,48,56,58H,12,24-26,28-29H2,1-11H3/b20-16+,38-21+,52-42?/t30-,31-,32+,33+,34-,39+,40-,43-,44+,45-,46+,48+,49?,50-/m1/s1. The molecule has 3 aliphatic rings. The Bertz CT molecular complexity index is 1960. The first-order valence-electron chi connectivity index (χ1n) is 22.7. The lowest BCUT2D eigenvalue weighted by molar-refractivity contribution is -0.303. The van der Waals surface area contributed by atoms with E-state index in [0.717, 1.165) is 5.56 Å². The molecule has 1 unspecified atom stereocenters. The summed E-state index contributed by atoms with van der Waals surface area (Å²) in [6, 6.07) is 13.0. The van der Waals surface area contributed by atoms with Crippen LogP contribution in [0.5, 0.6) is 0 Å². The average molecular weight is 890 g/mol. The predicted molar refractivity (Wildman–Crippen MR) is 243 cm³/mol. The summed E-state index contributed by atoms with van der Waals surface area (Å²) < 4.78 is 40.0. The quantitative estimate of drug-likeness (QED) is 0.274. The molecule has 0 radical (unpaired) electrons. The molecule has 2 N–H and O–H groups in total. The van der Waals surface area contributed by atoms with Gasteiger partial charge in [-0.05, 0) is 89.7 Å². The number of cyclic esters (lactones) is 1. The van der Waals surface area contributed by atoms with Crippen molar-refractivity contribution < 1.29 is 53.0 Å². The monoisotopic (exact) mass is 890 g/mol. The number of allylic oxidation sites excluding steroid dienone is 2. The minimum atomic E-state index is -1.81. The van der Waals surface area contributed by atoms with Crippen molar-refractivity contribution in [3.05, 3.63) is 83.7 Å². The van der Waals surface area contributed by atoms with Crippen LogP contribution < -0.4 is 0 Å². The second kappa shape index (κ2) is 22.4. The summed E-state index contributed by atoms with van der Waals surface area (Å²) in [6.45, 7) is 15.8. The van der Waals surface area contributed by atoms with Crippen LogP contribution in [-0.4, -0.2) is 131 Å².